The fourth-order valence-electron chi connectivity index (χ4n) is 4.12. The first kappa shape index (κ1) is 27.7. The minimum Gasteiger partial charge on any atom is -0.379 e. The molecule has 0 unspecified atom stereocenters. The van der Waals surface area contributed by atoms with Crippen molar-refractivity contribution in [2.45, 2.75) is 32.6 Å². The lowest BCUT2D eigenvalue weighted by Gasteiger charge is -2.26. The average molecular weight is 566 g/mol. The monoisotopic (exact) mass is 565 g/mol. The summed E-state index contributed by atoms with van der Waals surface area (Å²) >= 11 is 6.47. The third-order valence-electron chi connectivity index (χ3n) is 6.39. The number of halogens is 1. The van der Waals surface area contributed by atoms with E-state index in [0.717, 1.165) is 45.8 Å². The zero-order chi connectivity index (χ0) is 28.1. The lowest BCUT2D eigenvalue weighted by molar-refractivity contribution is 0.0378. The van der Waals surface area contributed by atoms with Crippen molar-refractivity contribution in [2.24, 2.45) is 0 Å². The third-order valence-corrected chi connectivity index (χ3v) is 6.72. The Kier molecular flexibility index (Phi) is 8.38. The Balaban J connectivity index is 1.27. The molecule has 210 valence electrons. The first-order chi connectivity index (χ1) is 19.3. The number of nitrogens with zero attached hydrogens (tertiary/aromatic N) is 6. The second kappa shape index (κ2) is 12.1. The van der Waals surface area contributed by atoms with E-state index in [0.29, 0.717) is 50.7 Å². The summed E-state index contributed by atoms with van der Waals surface area (Å²) in [5, 5.41) is 13.6. The van der Waals surface area contributed by atoms with E-state index in [-0.39, 0.29) is 11.3 Å². The van der Waals surface area contributed by atoms with Gasteiger partial charge in [0.15, 0.2) is 11.6 Å². The van der Waals surface area contributed by atoms with Crippen LogP contribution in [0.3, 0.4) is 0 Å². The number of anilines is 4. The van der Waals surface area contributed by atoms with Crippen molar-refractivity contribution in [1.29, 1.82) is 0 Å². The fraction of sp³-hybridized carbons (Fsp3) is 0.407. The van der Waals surface area contributed by atoms with Crippen LogP contribution in [0.2, 0.25) is 5.02 Å². The molecule has 0 radical (unpaired) electrons. The second-order valence-electron chi connectivity index (χ2n) is 10.5. The van der Waals surface area contributed by atoms with Gasteiger partial charge >= 0.3 is 0 Å². The highest BCUT2D eigenvalue weighted by molar-refractivity contribution is 6.33. The van der Waals surface area contributed by atoms with Gasteiger partial charge in [-0.2, -0.15) is 0 Å². The van der Waals surface area contributed by atoms with E-state index in [9.17, 15) is 4.79 Å². The molecule has 12 nitrogen and oxygen atoms in total. The molecule has 1 amide bonds. The van der Waals surface area contributed by atoms with Crippen LogP contribution in [0.1, 0.15) is 43.3 Å². The zero-order valence-corrected chi connectivity index (χ0v) is 23.5. The highest BCUT2D eigenvalue weighted by atomic mass is 35.5. The van der Waals surface area contributed by atoms with Gasteiger partial charge in [0.25, 0.3) is 5.91 Å². The molecule has 0 saturated carbocycles. The Bertz CT molecular complexity index is 1480. The van der Waals surface area contributed by atoms with E-state index < -0.39 is 0 Å². The maximum Gasteiger partial charge on any atom is 0.256 e. The number of ether oxygens (including phenoxy) is 1. The van der Waals surface area contributed by atoms with Gasteiger partial charge < -0.3 is 25.2 Å². The number of morpholine rings is 1. The number of benzene rings is 1. The smallest absolute Gasteiger partial charge is 0.256 e. The van der Waals surface area contributed by atoms with Crippen LogP contribution in [0.15, 0.2) is 41.3 Å². The Hall–Kier alpha value is -3.87. The van der Waals surface area contributed by atoms with E-state index in [1.807, 2.05) is 20.8 Å². The van der Waals surface area contributed by atoms with E-state index in [1.54, 1.807) is 30.5 Å². The number of hydrogen-bond acceptors (Lipinski definition) is 11. The summed E-state index contributed by atoms with van der Waals surface area (Å²) < 4.78 is 10.8. The number of carbonyl (C=O) groups excluding carboxylic acids is 1. The molecule has 0 spiro atoms. The molecule has 1 fully saturated rings. The van der Waals surface area contributed by atoms with Crippen molar-refractivity contribution in [3.05, 3.63) is 53.1 Å². The summed E-state index contributed by atoms with van der Waals surface area (Å²) in [6.07, 6.45) is 4.02. The van der Waals surface area contributed by atoms with Crippen molar-refractivity contribution in [3.63, 3.8) is 0 Å². The Morgan fingerprint density at radius 1 is 1.12 bits per heavy atom. The maximum absolute atomic E-state index is 12.9. The summed E-state index contributed by atoms with van der Waals surface area (Å²) in [5.74, 6) is 1.57. The van der Waals surface area contributed by atoms with Gasteiger partial charge in [0, 0.05) is 36.7 Å². The van der Waals surface area contributed by atoms with Crippen LogP contribution in [0.25, 0.3) is 11.0 Å². The normalized spacial score (nSPS) is 14.3. The minimum absolute atomic E-state index is 0.227. The number of aromatic nitrogens is 5. The molecule has 40 heavy (non-hydrogen) atoms. The predicted octanol–water partition coefficient (Wildman–Crippen LogP) is 4.49. The minimum atomic E-state index is -0.355. The summed E-state index contributed by atoms with van der Waals surface area (Å²) in [4.78, 5) is 33.0. The molecule has 5 rings (SSSR count). The van der Waals surface area contributed by atoms with Crippen LogP contribution < -0.4 is 16.0 Å². The number of amides is 1. The van der Waals surface area contributed by atoms with Gasteiger partial charge in [-0.3, -0.25) is 9.69 Å². The predicted molar refractivity (Wildman–Crippen MR) is 153 cm³/mol. The molecule has 1 saturated heterocycles. The molecule has 3 aromatic heterocycles. The summed E-state index contributed by atoms with van der Waals surface area (Å²) in [6.45, 7) is 11.2. The second-order valence-corrected chi connectivity index (χ2v) is 10.9. The molecule has 0 bridgehead atoms. The van der Waals surface area contributed by atoms with Crippen molar-refractivity contribution < 1.29 is 14.1 Å². The standard InChI is InChI=1S/C27H32ClN9O3/c1-27(2,3)21-14-22(36-40-21)34-25(38)17-5-6-18(28)19(13-17)33-24-23-20(31-16-32-24)15-30-26(35-23)29-7-4-8-37-9-11-39-12-10-37/h5-6,13-16H,4,7-12H2,1-3H3,(H,29,30,35)(H,31,32,33)(H,34,36,38). The topological polar surface area (TPSA) is 143 Å². The number of rotatable bonds is 9. The molecule has 4 heterocycles. The van der Waals surface area contributed by atoms with Gasteiger partial charge in [0.05, 0.1) is 30.1 Å². The maximum atomic E-state index is 12.9. The molecule has 0 atom stereocenters. The number of nitrogens with one attached hydrogen (secondary N) is 3. The van der Waals surface area contributed by atoms with E-state index in [1.165, 1.54) is 6.33 Å². The Labute approximate surface area is 236 Å². The van der Waals surface area contributed by atoms with Gasteiger partial charge in [-0.15, -0.1) is 0 Å². The molecular weight excluding hydrogens is 534 g/mol. The van der Waals surface area contributed by atoms with Crippen LogP contribution in [0, 0.1) is 0 Å². The summed E-state index contributed by atoms with van der Waals surface area (Å²) in [7, 11) is 0. The van der Waals surface area contributed by atoms with E-state index in [4.69, 9.17) is 20.9 Å². The quantitative estimate of drug-likeness (QED) is 0.247. The molecule has 1 aliphatic rings. The number of fused-ring (bicyclic) bond motifs is 1. The Morgan fingerprint density at radius 3 is 2.73 bits per heavy atom. The van der Waals surface area contributed by atoms with Crippen molar-refractivity contribution in [2.75, 3.05) is 55.3 Å². The van der Waals surface area contributed by atoms with Crippen molar-refractivity contribution in [3.8, 4) is 0 Å². The first-order valence-electron chi connectivity index (χ1n) is 13.1. The van der Waals surface area contributed by atoms with Gasteiger partial charge in [-0.05, 0) is 31.2 Å². The van der Waals surface area contributed by atoms with E-state index >= 15 is 0 Å². The lowest BCUT2D eigenvalue weighted by Crippen LogP contribution is -2.37. The summed E-state index contributed by atoms with van der Waals surface area (Å²) in [6, 6.07) is 6.63. The number of carbonyl (C=O) groups is 1. The van der Waals surface area contributed by atoms with Crippen LogP contribution in [0.4, 0.5) is 23.3 Å². The van der Waals surface area contributed by atoms with E-state index in [2.05, 4.69) is 45.9 Å². The molecule has 13 heteroatoms. The average Bonchev–Trinajstić information content (AvgIpc) is 3.42. The highest BCUT2D eigenvalue weighted by Gasteiger charge is 2.21. The molecule has 0 aliphatic carbocycles. The van der Waals surface area contributed by atoms with Crippen LogP contribution in [0.5, 0.6) is 0 Å². The molecule has 1 aromatic carbocycles. The van der Waals surface area contributed by atoms with Gasteiger partial charge in [-0.1, -0.05) is 37.5 Å². The van der Waals surface area contributed by atoms with Gasteiger partial charge in [0.2, 0.25) is 5.95 Å². The lowest BCUT2D eigenvalue weighted by atomic mass is 9.93. The zero-order valence-electron chi connectivity index (χ0n) is 22.7. The first-order valence-corrected chi connectivity index (χ1v) is 13.5. The van der Waals surface area contributed by atoms with Crippen LogP contribution >= 0.6 is 11.6 Å². The van der Waals surface area contributed by atoms with Gasteiger partial charge in [-0.25, -0.2) is 19.9 Å². The van der Waals surface area contributed by atoms with Crippen molar-refractivity contribution >= 4 is 51.8 Å². The molecular formula is C27H32ClN9O3. The number of hydrogen-bond donors (Lipinski definition) is 3. The Morgan fingerprint density at radius 2 is 1.95 bits per heavy atom. The van der Waals surface area contributed by atoms with Crippen LogP contribution in [-0.2, 0) is 10.2 Å². The third kappa shape index (κ3) is 6.82. The highest BCUT2D eigenvalue weighted by Crippen LogP contribution is 2.29. The van der Waals surface area contributed by atoms with Gasteiger partial charge in [0.1, 0.15) is 23.1 Å². The van der Waals surface area contributed by atoms with Crippen molar-refractivity contribution in [1.82, 2.24) is 30.0 Å². The fourth-order valence-corrected chi connectivity index (χ4v) is 4.29. The molecule has 3 N–H and O–H groups in total. The molecule has 1 aliphatic heterocycles. The van der Waals surface area contributed by atoms with Crippen LogP contribution in [-0.4, -0.2) is 75.3 Å². The largest absolute Gasteiger partial charge is 0.379 e. The molecule has 4 aromatic rings. The summed E-state index contributed by atoms with van der Waals surface area (Å²) in [5.41, 5.74) is 1.74. The SMILES string of the molecule is CC(C)(C)c1cc(NC(=O)c2ccc(Cl)c(Nc3ncnc4cnc(NCCCN5CCOCC5)nc34)c2)no1.